The van der Waals surface area contributed by atoms with Crippen molar-refractivity contribution in [1.29, 1.82) is 0 Å². The van der Waals surface area contributed by atoms with Gasteiger partial charge in [0.15, 0.2) is 5.82 Å². The Labute approximate surface area is 102 Å². The molecule has 0 radical (unpaired) electrons. The summed E-state index contributed by atoms with van der Waals surface area (Å²) in [5.74, 6) is 0.372. The van der Waals surface area contributed by atoms with E-state index in [-0.39, 0.29) is 11.4 Å². The first-order valence-corrected chi connectivity index (χ1v) is 6.42. The average molecular weight is 272 g/mol. The predicted octanol–water partition coefficient (Wildman–Crippen LogP) is -1.41. The lowest BCUT2D eigenvalue weighted by Gasteiger charge is -2.08. The van der Waals surface area contributed by atoms with Crippen LogP contribution in [0.4, 0.5) is 0 Å². The Balaban J connectivity index is 2.24. The van der Waals surface area contributed by atoms with E-state index >= 15 is 0 Å². The molecule has 0 amide bonds. The third-order valence-corrected chi connectivity index (χ3v) is 4.02. The van der Waals surface area contributed by atoms with E-state index in [0.717, 1.165) is 4.31 Å². The highest BCUT2D eigenvalue weighted by Crippen LogP contribution is 2.11. The summed E-state index contributed by atoms with van der Waals surface area (Å²) in [6.07, 6.45) is 2.63. The van der Waals surface area contributed by atoms with Crippen LogP contribution >= 0.6 is 0 Å². The van der Waals surface area contributed by atoms with Gasteiger partial charge in [-0.05, 0) is 0 Å². The maximum absolute atomic E-state index is 11.8. The molecule has 2 N–H and O–H groups in total. The van der Waals surface area contributed by atoms with Crippen molar-refractivity contribution in [3.8, 4) is 0 Å². The van der Waals surface area contributed by atoms with Crippen molar-refractivity contribution < 1.29 is 8.42 Å². The van der Waals surface area contributed by atoms with Crippen LogP contribution in [0.5, 0.6) is 0 Å². The third kappa shape index (κ3) is 2.33. The Morgan fingerprint density at radius 3 is 2.72 bits per heavy atom. The number of sulfonamides is 1. The van der Waals surface area contributed by atoms with Gasteiger partial charge < -0.3 is 0 Å². The molecule has 2 rings (SSSR count). The van der Waals surface area contributed by atoms with Crippen molar-refractivity contribution in [2.75, 3.05) is 14.1 Å². The molecule has 9 nitrogen and oxygen atoms in total. The molecular weight excluding hydrogens is 260 g/mol. The average Bonchev–Trinajstić information content (AvgIpc) is 2.88. The number of aromatic amines is 2. The van der Waals surface area contributed by atoms with Gasteiger partial charge in [-0.25, -0.2) is 22.6 Å². The highest BCUT2D eigenvalue weighted by Gasteiger charge is 2.19. The molecule has 0 atom stereocenters. The van der Waals surface area contributed by atoms with E-state index in [2.05, 4.69) is 20.3 Å². The van der Waals surface area contributed by atoms with Crippen molar-refractivity contribution in [2.45, 2.75) is 11.4 Å². The van der Waals surface area contributed by atoms with Gasteiger partial charge in [0, 0.05) is 20.3 Å². The second-order valence-corrected chi connectivity index (χ2v) is 5.94. The molecule has 0 aliphatic carbocycles. The van der Waals surface area contributed by atoms with Gasteiger partial charge in [0.1, 0.15) is 11.4 Å². The van der Waals surface area contributed by atoms with Crippen LogP contribution in [0.15, 0.2) is 22.1 Å². The van der Waals surface area contributed by atoms with Gasteiger partial charge in [-0.15, -0.1) is 0 Å². The first kappa shape index (κ1) is 12.5. The van der Waals surface area contributed by atoms with Crippen LogP contribution in [-0.4, -0.2) is 51.8 Å². The van der Waals surface area contributed by atoms with Crippen molar-refractivity contribution in [3.63, 3.8) is 0 Å². The normalized spacial score (nSPS) is 12.2. The minimum Gasteiger partial charge on any atom is -0.291 e. The second kappa shape index (κ2) is 4.38. The van der Waals surface area contributed by atoms with E-state index in [1.807, 2.05) is 0 Å². The summed E-state index contributed by atoms with van der Waals surface area (Å²) in [6, 6.07) is 0. The lowest BCUT2D eigenvalue weighted by Crippen LogP contribution is -2.21. The fraction of sp³-hybridized carbons (Fsp3) is 0.375. The maximum atomic E-state index is 11.8. The number of hydrogen-bond donors (Lipinski definition) is 2. The molecule has 2 aromatic heterocycles. The fourth-order valence-corrected chi connectivity index (χ4v) is 2.17. The molecule has 10 heteroatoms. The minimum atomic E-state index is -3.49. The van der Waals surface area contributed by atoms with E-state index in [1.54, 1.807) is 0 Å². The maximum Gasteiger partial charge on any atom is 0.340 e. The largest absolute Gasteiger partial charge is 0.340 e. The van der Waals surface area contributed by atoms with Crippen LogP contribution in [0.1, 0.15) is 5.82 Å². The highest BCUT2D eigenvalue weighted by atomic mass is 32.2. The lowest BCUT2D eigenvalue weighted by molar-refractivity contribution is 0.520. The van der Waals surface area contributed by atoms with Crippen molar-refractivity contribution >= 4 is 10.0 Å². The number of aromatic nitrogens is 5. The fourth-order valence-electron chi connectivity index (χ4n) is 1.31. The van der Waals surface area contributed by atoms with E-state index < -0.39 is 15.7 Å². The Kier molecular flexibility index (Phi) is 3.05. The molecule has 0 aliphatic rings. The molecule has 0 spiro atoms. The van der Waals surface area contributed by atoms with Gasteiger partial charge in [0.05, 0.1) is 6.20 Å². The summed E-state index contributed by atoms with van der Waals surface area (Å²) in [6.45, 7) is 0.182. The third-order valence-electron chi connectivity index (χ3n) is 2.25. The van der Waals surface area contributed by atoms with Gasteiger partial charge in [0.25, 0.3) is 0 Å². The summed E-state index contributed by atoms with van der Waals surface area (Å²) in [7, 11) is -0.609. The molecular formula is C8H12N6O3S. The Morgan fingerprint density at radius 1 is 1.44 bits per heavy atom. The second-order valence-electron chi connectivity index (χ2n) is 3.79. The minimum absolute atomic E-state index is 0.0883. The molecule has 0 saturated carbocycles. The summed E-state index contributed by atoms with van der Waals surface area (Å²) in [5.41, 5.74) is -0.418. The highest BCUT2D eigenvalue weighted by molar-refractivity contribution is 7.89. The number of rotatable bonds is 4. The topological polar surface area (TPSA) is 117 Å². The molecule has 0 aromatic carbocycles. The molecule has 0 bridgehead atoms. The van der Waals surface area contributed by atoms with Crippen LogP contribution in [-0.2, 0) is 16.6 Å². The van der Waals surface area contributed by atoms with Crippen molar-refractivity contribution in [3.05, 3.63) is 28.7 Å². The molecule has 98 valence electrons. The lowest BCUT2D eigenvalue weighted by atomic mass is 10.6. The van der Waals surface area contributed by atoms with Gasteiger partial charge in [0.2, 0.25) is 10.0 Å². The SMILES string of the molecule is CN(C)S(=O)(=O)c1cnn(Cc2n[nH]c(=O)[nH]2)c1. The molecule has 0 unspecified atom stereocenters. The Hall–Kier alpha value is -1.94. The van der Waals surface area contributed by atoms with Crippen LogP contribution in [0.2, 0.25) is 0 Å². The summed E-state index contributed by atoms with van der Waals surface area (Å²) in [4.78, 5) is 13.4. The van der Waals surface area contributed by atoms with Crippen LogP contribution < -0.4 is 5.69 Å². The molecule has 0 saturated heterocycles. The summed E-state index contributed by atoms with van der Waals surface area (Å²) >= 11 is 0. The van der Waals surface area contributed by atoms with Gasteiger partial charge in [-0.3, -0.25) is 9.67 Å². The molecule has 2 aromatic rings. The zero-order valence-corrected chi connectivity index (χ0v) is 10.6. The van der Waals surface area contributed by atoms with E-state index in [4.69, 9.17) is 0 Å². The standard InChI is InChI=1S/C8H12N6O3S/c1-13(2)18(16,17)6-3-9-14(4-6)5-7-10-8(15)12-11-7/h3-4H,5H2,1-2H3,(H2,10,11,12,15). The number of nitrogens with zero attached hydrogens (tertiary/aromatic N) is 4. The van der Waals surface area contributed by atoms with Crippen LogP contribution in [0.25, 0.3) is 0 Å². The zero-order valence-electron chi connectivity index (χ0n) is 9.78. The summed E-state index contributed by atoms with van der Waals surface area (Å²) in [5, 5.41) is 9.82. The molecule has 18 heavy (non-hydrogen) atoms. The quantitative estimate of drug-likeness (QED) is 0.709. The first-order chi connectivity index (χ1) is 8.39. The predicted molar refractivity (Wildman–Crippen MR) is 61.4 cm³/mol. The van der Waals surface area contributed by atoms with E-state index in [1.165, 1.54) is 31.2 Å². The van der Waals surface area contributed by atoms with E-state index in [9.17, 15) is 13.2 Å². The molecule has 0 aliphatic heterocycles. The smallest absolute Gasteiger partial charge is 0.291 e. The number of H-pyrrole nitrogens is 2. The van der Waals surface area contributed by atoms with Crippen molar-refractivity contribution in [1.82, 2.24) is 29.3 Å². The van der Waals surface area contributed by atoms with Crippen LogP contribution in [0, 0.1) is 0 Å². The first-order valence-electron chi connectivity index (χ1n) is 4.98. The number of hydrogen-bond acceptors (Lipinski definition) is 5. The van der Waals surface area contributed by atoms with Crippen LogP contribution in [0.3, 0.4) is 0 Å². The molecule has 0 fully saturated rings. The zero-order chi connectivity index (χ0) is 13.3. The van der Waals surface area contributed by atoms with Gasteiger partial charge >= 0.3 is 5.69 Å². The monoisotopic (exact) mass is 272 g/mol. The Bertz CT molecular complexity index is 694. The van der Waals surface area contributed by atoms with Gasteiger partial charge in [-0.1, -0.05) is 0 Å². The van der Waals surface area contributed by atoms with E-state index in [0.29, 0.717) is 5.82 Å². The van der Waals surface area contributed by atoms with Crippen molar-refractivity contribution in [2.24, 2.45) is 0 Å². The van der Waals surface area contributed by atoms with Gasteiger partial charge in [-0.2, -0.15) is 10.2 Å². The number of nitrogens with one attached hydrogen (secondary N) is 2. The summed E-state index contributed by atoms with van der Waals surface area (Å²) < 4.78 is 26.1. The molecule has 2 heterocycles. The Morgan fingerprint density at radius 2 is 2.17 bits per heavy atom.